The first-order chi connectivity index (χ1) is 20.3. The first-order valence-corrected chi connectivity index (χ1v) is 12.7. The number of tetrazole rings is 1. The van der Waals surface area contributed by atoms with Crippen LogP contribution in [-0.2, 0) is 6.42 Å². The van der Waals surface area contributed by atoms with Gasteiger partial charge in [0.1, 0.15) is 18.2 Å². The van der Waals surface area contributed by atoms with Crippen LogP contribution in [-0.4, -0.2) is 39.8 Å². The van der Waals surface area contributed by atoms with E-state index in [0.717, 1.165) is 0 Å². The number of nitrogens with zero attached hydrogens (tertiary/aromatic N) is 9. The van der Waals surface area contributed by atoms with Gasteiger partial charge < -0.3 is 5.21 Å². The average molecular weight is 596 g/mol. The Morgan fingerprint density at radius 3 is 2.48 bits per heavy atom. The molecule has 0 aliphatic carbocycles. The zero-order chi connectivity index (χ0) is 29.4. The zero-order valence-electron chi connectivity index (χ0n) is 21.3. The molecule has 0 aliphatic heterocycles. The van der Waals surface area contributed by atoms with E-state index in [1.807, 2.05) is 0 Å². The van der Waals surface area contributed by atoms with Crippen molar-refractivity contribution in [1.82, 2.24) is 39.8 Å². The third-order valence-electron chi connectivity index (χ3n) is 6.66. The van der Waals surface area contributed by atoms with Crippen molar-refractivity contribution in [2.45, 2.75) is 19.0 Å². The van der Waals surface area contributed by atoms with Gasteiger partial charge >= 0.3 is 6.55 Å². The molecule has 42 heavy (non-hydrogen) atoms. The molecular weight excluding hydrogens is 578 g/mol. The number of halogens is 5. The molecule has 0 aliphatic rings. The topological polar surface area (TPSA) is 106 Å². The van der Waals surface area contributed by atoms with E-state index in [4.69, 9.17) is 11.6 Å². The molecule has 4 aromatic heterocycles. The lowest BCUT2D eigenvalue weighted by Crippen LogP contribution is -2.36. The third kappa shape index (κ3) is 5.07. The smallest absolute Gasteiger partial charge is 0.333 e. The van der Waals surface area contributed by atoms with Gasteiger partial charge in [-0.2, -0.15) is 28.4 Å². The van der Waals surface area contributed by atoms with E-state index < -0.39 is 24.2 Å². The van der Waals surface area contributed by atoms with Gasteiger partial charge in [0.2, 0.25) is 5.69 Å². The molecule has 0 N–H and O–H groups in total. The summed E-state index contributed by atoms with van der Waals surface area (Å²) in [4.78, 5) is 0. The van der Waals surface area contributed by atoms with E-state index >= 15 is 4.39 Å². The van der Waals surface area contributed by atoms with E-state index in [2.05, 4.69) is 25.7 Å². The van der Waals surface area contributed by atoms with Crippen molar-refractivity contribution in [1.29, 1.82) is 0 Å². The molecule has 0 amide bonds. The molecule has 0 spiro atoms. The van der Waals surface area contributed by atoms with Crippen LogP contribution in [0.25, 0.3) is 28.1 Å². The SMILES string of the molecule is [O-][n+]1cc(-c2c(-n3cnnn3)ccc(Cl)c2F)ccc1C(Cc1ccc(F)cc1)n1cc(-c2ccnn2C(F)F)cn1. The molecule has 0 bridgehead atoms. The van der Waals surface area contributed by atoms with Crippen LogP contribution in [0.3, 0.4) is 0 Å². The summed E-state index contributed by atoms with van der Waals surface area (Å²) in [7, 11) is 0. The molecule has 212 valence electrons. The Morgan fingerprint density at radius 1 is 0.952 bits per heavy atom. The second-order valence-corrected chi connectivity index (χ2v) is 9.58. The number of alkyl halides is 2. The van der Waals surface area contributed by atoms with E-state index in [-0.39, 0.29) is 39.6 Å². The minimum atomic E-state index is -2.87. The number of aromatic nitrogens is 9. The van der Waals surface area contributed by atoms with Crippen LogP contribution in [0.4, 0.5) is 17.6 Å². The quantitative estimate of drug-likeness (QED) is 0.136. The Balaban J connectivity index is 1.44. The summed E-state index contributed by atoms with van der Waals surface area (Å²) in [6.45, 7) is -2.87. The average Bonchev–Trinajstić information content (AvgIpc) is 3.76. The van der Waals surface area contributed by atoms with Crippen LogP contribution in [0.5, 0.6) is 0 Å². The summed E-state index contributed by atoms with van der Waals surface area (Å²) in [5.74, 6) is -1.20. The highest BCUT2D eigenvalue weighted by Crippen LogP contribution is 2.34. The third-order valence-corrected chi connectivity index (χ3v) is 6.95. The van der Waals surface area contributed by atoms with Crippen LogP contribution in [0.2, 0.25) is 5.02 Å². The maximum absolute atomic E-state index is 15.3. The van der Waals surface area contributed by atoms with E-state index in [1.54, 1.807) is 18.2 Å². The normalized spacial score (nSPS) is 12.2. The van der Waals surface area contributed by atoms with Crippen molar-refractivity contribution in [2.75, 3.05) is 0 Å². The van der Waals surface area contributed by atoms with Crippen LogP contribution in [0.15, 0.2) is 85.7 Å². The molecular formula is C27H18ClF4N9O. The highest BCUT2D eigenvalue weighted by molar-refractivity contribution is 6.31. The summed E-state index contributed by atoms with van der Waals surface area (Å²) >= 11 is 6.06. The molecule has 15 heteroatoms. The molecule has 1 atom stereocenters. The lowest BCUT2D eigenvalue weighted by Gasteiger charge is -2.18. The second kappa shape index (κ2) is 11.0. The molecule has 10 nitrogen and oxygen atoms in total. The van der Waals surface area contributed by atoms with Crippen molar-refractivity contribution in [3.8, 4) is 28.1 Å². The number of rotatable bonds is 8. The fourth-order valence-electron chi connectivity index (χ4n) is 4.69. The van der Waals surface area contributed by atoms with Gasteiger partial charge in [0.25, 0.3) is 0 Å². The fraction of sp³-hybridized carbons (Fsp3) is 0.111. The van der Waals surface area contributed by atoms with Crippen LogP contribution >= 0.6 is 11.6 Å². The number of hydrogen-bond acceptors (Lipinski definition) is 6. The minimum absolute atomic E-state index is 0.00247. The highest BCUT2D eigenvalue weighted by atomic mass is 35.5. The van der Waals surface area contributed by atoms with Gasteiger partial charge in [0, 0.05) is 30.4 Å². The highest BCUT2D eigenvalue weighted by Gasteiger charge is 2.27. The van der Waals surface area contributed by atoms with E-state index in [0.29, 0.717) is 20.5 Å². The van der Waals surface area contributed by atoms with E-state index in [1.165, 1.54) is 76.9 Å². The Labute approximate surface area is 239 Å². The maximum atomic E-state index is 15.3. The Morgan fingerprint density at radius 2 is 1.76 bits per heavy atom. The standard InChI is InChI=1S/C27H18ClF4N9O/c28-20-6-8-23(39-15-33-36-37-39)25(26(20)30)17-3-7-22(40(42)14-17)24(11-16-1-4-19(29)5-2-16)38-13-18(12-35-38)21-9-10-34-41(21)27(31)32/h1-10,12-15,24,27H,11H2. The summed E-state index contributed by atoms with van der Waals surface area (Å²) in [5, 5.41) is 32.4. The number of benzene rings is 2. The first-order valence-electron chi connectivity index (χ1n) is 12.4. The van der Waals surface area contributed by atoms with Crippen LogP contribution in [0.1, 0.15) is 23.8 Å². The van der Waals surface area contributed by atoms with Crippen LogP contribution < -0.4 is 4.73 Å². The van der Waals surface area contributed by atoms with Gasteiger partial charge in [0.15, 0.2) is 12.0 Å². The van der Waals surface area contributed by atoms with Gasteiger partial charge in [-0.1, -0.05) is 23.7 Å². The molecule has 0 saturated heterocycles. The molecule has 0 fully saturated rings. The van der Waals surface area contributed by atoms with Gasteiger partial charge in [0.05, 0.1) is 33.7 Å². The van der Waals surface area contributed by atoms with Crippen molar-refractivity contribution in [2.24, 2.45) is 0 Å². The number of pyridine rings is 1. The monoisotopic (exact) mass is 595 g/mol. The minimum Gasteiger partial charge on any atom is -0.618 e. The molecule has 0 saturated carbocycles. The van der Waals surface area contributed by atoms with Gasteiger partial charge in [-0.25, -0.2) is 13.5 Å². The van der Waals surface area contributed by atoms with Crippen molar-refractivity contribution in [3.05, 3.63) is 119 Å². The van der Waals surface area contributed by atoms with Gasteiger partial charge in [-0.3, -0.25) is 4.68 Å². The second-order valence-electron chi connectivity index (χ2n) is 9.17. The van der Waals surface area contributed by atoms with Gasteiger partial charge in [-0.15, -0.1) is 5.10 Å². The summed E-state index contributed by atoms with van der Waals surface area (Å²) < 4.78 is 59.6. The summed E-state index contributed by atoms with van der Waals surface area (Å²) in [6, 6.07) is 12.3. The lowest BCUT2D eigenvalue weighted by molar-refractivity contribution is -0.615. The predicted molar refractivity (Wildman–Crippen MR) is 141 cm³/mol. The summed E-state index contributed by atoms with van der Waals surface area (Å²) in [5.41, 5.74) is 1.81. The Kier molecular flexibility index (Phi) is 7.12. The maximum Gasteiger partial charge on any atom is 0.333 e. The Hall–Kier alpha value is -5.11. The molecule has 6 rings (SSSR count). The van der Waals surface area contributed by atoms with Crippen molar-refractivity contribution >= 4 is 11.6 Å². The zero-order valence-corrected chi connectivity index (χ0v) is 22.0. The van der Waals surface area contributed by atoms with Gasteiger partial charge in [-0.05, 0) is 52.4 Å². The van der Waals surface area contributed by atoms with Crippen molar-refractivity contribution in [3.63, 3.8) is 0 Å². The first kappa shape index (κ1) is 27.1. The van der Waals surface area contributed by atoms with Crippen molar-refractivity contribution < 1.29 is 22.3 Å². The van der Waals surface area contributed by atoms with Crippen LogP contribution in [0, 0.1) is 16.8 Å². The molecule has 2 aromatic carbocycles. The largest absolute Gasteiger partial charge is 0.618 e. The summed E-state index contributed by atoms with van der Waals surface area (Å²) in [6.07, 6.45) is 6.81. The molecule has 4 heterocycles. The lowest BCUT2D eigenvalue weighted by atomic mass is 10.00. The molecule has 6 aromatic rings. The fourth-order valence-corrected chi connectivity index (χ4v) is 4.85. The molecule has 1 unspecified atom stereocenters. The van der Waals surface area contributed by atoms with E-state index in [9.17, 15) is 18.4 Å². The number of hydrogen-bond donors (Lipinski definition) is 0. The predicted octanol–water partition coefficient (Wildman–Crippen LogP) is 5.18. The molecule has 0 radical (unpaired) electrons. The Bertz CT molecular complexity index is 1860.